The zero-order chi connectivity index (χ0) is 21.5. The topological polar surface area (TPSA) is 56.6 Å². The maximum Gasteiger partial charge on any atom is 0.329 e. The monoisotopic (exact) mass is 436 g/mol. The van der Waals surface area contributed by atoms with Gasteiger partial charge in [0.15, 0.2) is 5.11 Å². The number of fused-ring (bicyclic) bond motifs is 1. The van der Waals surface area contributed by atoms with E-state index < -0.39 is 0 Å². The Balaban J connectivity index is 2.01. The summed E-state index contributed by atoms with van der Waals surface area (Å²) < 4.78 is 1.66. The molecule has 1 aromatic carbocycles. The Hall–Kier alpha value is -1.90. The van der Waals surface area contributed by atoms with Crippen LogP contribution in [0, 0.1) is 0 Å². The van der Waals surface area contributed by atoms with Gasteiger partial charge in [-0.05, 0) is 31.4 Å². The number of carbonyl (C=O) groups is 1. The zero-order valence-corrected chi connectivity index (χ0v) is 19.5. The molecule has 2 aromatic rings. The van der Waals surface area contributed by atoms with Crippen molar-refractivity contribution < 1.29 is 4.79 Å². The molecule has 0 unspecified atom stereocenters. The van der Waals surface area contributed by atoms with E-state index in [0.29, 0.717) is 32.7 Å². The molecule has 0 spiro atoms. The highest BCUT2D eigenvalue weighted by Crippen LogP contribution is 2.32. The van der Waals surface area contributed by atoms with Crippen LogP contribution in [-0.2, 0) is 5.41 Å². The first-order chi connectivity index (χ1) is 13.5. The Bertz CT molecular complexity index is 941. The van der Waals surface area contributed by atoms with Crippen molar-refractivity contribution in [1.82, 2.24) is 24.3 Å². The minimum absolute atomic E-state index is 0.146. The molecule has 0 radical (unpaired) electrons. The van der Waals surface area contributed by atoms with Crippen molar-refractivity contribution >= 4 is 51.7 Å². The zero-order valence-electron chi connectivity index (χ0n) is 17.9. The van der Waals surface area contributed by atoms with Gasteiger partial charge in [0, 0.05) is 45.7 Å². The van der Waals surface area contributed by atoms with Crippen molar-refractivity contribution in [2.24, 2.45) is 0 Å². The van der Waals surface area contributed by atoms with Crippen LogP contribution in [0.3, 0.4) is 0 Å². The third-order valence-corrected chi connectivity index (χ3v) is 5.69. The summed E-state index contributed by atoms with van der Waals surface area (Å²) in [6.45, 7) is 9.78. The summed E-state index contributed by atoms with van der Waals surface area (Å²) in [6, 6.07) is 3.51. The van der Waals surface area contributed by atoms with Gasteiger partial charge in [0.05, 0.1) is 21.7 Å². The second-order valence-electron chi connectivity index (χ2n) is 8.74. The number of rotatable bonds is 1. The lowest BCUT2D eigenvalue weighted by Gasteiger charge is -2.34. The Labute approximate surface area is 182 Å². The maximum absolute atomic E-state index is 12.9. The molecule has 7 nitrogen and oxygen atoms in total. The van der Waals surface area contributed by atoms with E-state index in [9.17, 15) is 4.79 Å². The van der Waals surface area contributed by atoms with E-state index >= 15 is 0 Å². The van der Waals surface area contributed by atoms with Gasteiger partial charge in [-0.3, -0.25) is 0 Å². The number of imidazole rings is 1. The molecule has 1 N–H and O–H groups in total. The van der Waals surface area contributed by atoms with Crippen LogP contribution >= 0.6 is 23.8 Å². The van der Waals surface area contributed by atoms with Gasteiger partial charge in [-0.1, -0.05) is 32.4 Å². The Morgan fingerprint density at radius 2 is 1.83 bits per heavy atom. The fourth-order valence-corrected chi connectivity index (χ4v) is 3.79. The van der Waals surface area contributed by atoms with Crippen LogP contribution in [0.25, 0.3) is 11.0 Å². The molecule has 1 aliphatic heterocycles. The number of aromatic nitrogens is 2. The number of benzene rings is 1. The van der Waals surface area contributed by atoms with Crippen molar-refractivity contribution in [3.8, 4) is 0 Å². The summed E-state index contributed by atoms with van der Waals surface area (Å²) in [5.41, 5.74) is 1.77. The van der Waals surface area contributed by atoms with Gasteiger partial charge in [0.2, 0.25) is 0 Å². The van der Waals surface area contributed by atoms with Crippen LogP contribution in [0.2, 0.25) is 5.02 Å². The van der Waals surface area contributed by atoms with Crippen LogP contribution in [0.1, 0.15) is 26.6 Å². The van der Waals surface area contributed by atoms with Crippen molar-refractivity contribution in [3.05, 3.63) is 23.0 Å². The van der Waals surface area contributed by atoms with E-state index in [2.05, 4.69) is 22.2 Å². The van der Waals surface area contributed by atoms with Gasteiger partial charge in [-0.15, -0.1) is 0 Å². The Morgan fingerprint density at radius 3 is 2.38 bits per heavy atom. The number of hydrogen-bond donors (Lipinski definition) is 1. The average Bonchev–Trinajstić information content (AvgIpc) is 3.00. The van der Waals surface area contributed by atoms with Gasteiger partial charge in [-0.2, -0.15) is 0 Å². The van der Waals surface area contributed by atoms with Crippen LogP contribution in [0.4, 0.5) is 10.5 Å². The molecule has 0 atom stereocenters. The van der Waals surface area contributed by atoms with Gasteiger partial charge >= 0.3 is 6.03 Å². The van der Waals surface area contributed by atoms with Crippen molar-refractivity contribution in [3.63, 3.8) is 0 Å². The number of carbonyl (C=O) groups excluding carboxylic acids is 1. The van der Waals surface area contributed by atoms with Crippen molar-refractivity contribution in [1.29, 1.82) is 0 Å². The first-order valence-electron chi connectivity index (χ1n) is 9.67. The second kappa shape index (κ2) is 8.08. The maximum atomic E-state index is 12.9. The third kappa shape index (κ3) is 4.49. The molecule has 3 rings (SSSR count). The number of amides is 1. The summed E-state index contributed by atoms with van der Waals surface area (Å²) in [6.07, 6.45) is 0. The molecule has 2 heterocycles. The predicted octanol–water partition coefficient (Wildman–Crippen LogP) is 3.46. The standard InChI is InChI=1S/C20H29ClN6OS/c1-20(2,3)17-22-15-11-13(21)14(12-16(15)27(17)19(28)24(4)5)23-18(29)26-9-7-25(6)8-10-26/h11-12H,7-10H2,1-6H3,(H,23,29). The Morgan fingerprint density at radius 1 is 1.21 bits per heavy atom. The summed E-state index contributed by atoms with van der Waals surface area (Å²) in [4.78, 5) is 23.6. The van der Waals surface area contributed by atoms with Crippen LogP contribution in [0.15, 0.2) is 12.1 Å². The number of nitrogens with one attached hydrogen (secondary N) is 1. The highest BCUT2D eigenvalue weighted by Gasteiger charge is 2.28. The number of nitrogens with zero attached hydrogens (tertiary/aromatic N) is 5. The number of halogens is 1. The highest BCUT2D eigenvalue weighted by molar-refractivity contribution is 7.80. The average molecular weight is 437 g/mol. The summed E-state index contributed by atoms with van der Waals surface area (Å²) in [5, 5.41) is 4.43. The summed E-state index contributed by atoms with van der Waals surface area (Å²) in [5.74, 6) is 0.695. The lowest BCUT2D eigenvalue weighted by Crippen LogP contribution is -2.48. The van der Waals surface area contributed by atoms with E-state index in [1.165, 1.54) is 0 Å². The lowest BCUT2D eigenvalue weighted by molar-refractivity contribution is 0.217. The third-order valence-electron chi connectivity index (χ3n) is 5.02. The number of piperazine rings is 1. The molecule has 1 aromatic heterocycles. The van der Waals surface area contributed by atoms with Crippen LogP contribution in [-0.4, -0.2) is 82.7 Å². The molecule has 1 amide bonds. The largest absolute Gasteiger partial charge is 0.346 e. The molecular formula is C20H29ClN6OS. The molecule has 29 heavy (non-hydrogen) atoms. The van der Waals surface area contributed by atoms with Crippen LogP contribution < -0.4 is 5.32 Å². The molecule has 1 aliphatic rings. The molecule has 0 saturated carbocycles. The Kier molecular flexibility index (Phi) is 6.08. The first kappa shape index (κ1) is 21.8. The van der Waals surface area contributed by atoms with Gasteiger partial charge in [0.25, 0.3) is 0 Å². The quantitative estimate of drug-likeness (QED) is 0.691. The number of hydrogen-bond acceptors (Lipinski definition) is 4. The molecule has 1 fully saturated rings. The minimum Gasteiger partial charge on any atom is -0.346 e. The van der Waals surface area contributed by atoms with Gasteiger partial charge in [0.1, 0.15) is 5.82 Å². The van der Waals surface area contributed by atoms with Crippen LogP contribution in [0.5, 0.6) is 0 Å². The van der Waals surface area contributed by atoms with E-state index in [1.807, 2.05) is 26.8 Å². The molecule has 9 heteroatoms. The van der Waals surface area contributed by atoms with E-state index in [-0.39, 0.29) is 11.4 Å². The molecule has 158 valence electrons. The van der Waals surface area contributed by atoms with E-state index in [4.69, 9.17) is 28.8 Å². The normalized spacial score (nSPS) is 15.6. The number of likely N-dealkylation sites (N-methyl/N-ethyl adjacent to an activating group) is 1. The second-order valence-corrected chi connectivity index (χ2v) is 9.53. The number of thiocarbonyl (C=S) groups is 1. The highest BCUT2D eigenvalue weighted by atomic mass is 35.5. The van der Waals surface area contributed by atoms with E-state index in [0.717, 1.165) is 26.2 Å². The predicted molar refractivity (Wildman–Crippen MR) is 123 cm³/mol. The van der Waals surface area contributed by atoms with Crippen molar-refractivity contribution in [2.45, 2.75) is 26.2 Å². The van der Waals surface area contributed by atoms with Gasteiger partial charge in [-0.25, -0.2) is 14.3 Å². The van der Waals surface area contributed by atoms with Crippen molar-refractivity contribution in [2.75, 3.05) is 52.6 Å². The SMILES string of the molecule is CN1CCN(C(=S)Nc2cc3c(cc2Cl)nc(C(C)(C)C)n3C(=O)N(C)C)CC1. The molecule has 1 saturated heterocycles. The fourth-order valence-electron chi connectivity index (χ4n) is 3.29. The molecular weight excluding hydrogens is 408 g/mol. The van der Waals surface area contributed by atoms with Gasteiger partial charge < -0.3 is 20.0 Å². The smallest absolute Gasteiger partial charge is 0.329 e. The fraction of sp³-hybridized carbons (Fsp3) is 0.550. The molecule has 0 bridgehead atoms. The summed E-state index contributed by atoms with van der Waals surface area (Å²) >= 11 is 12.1. The minimum atomic E-state index is -0.306. The lowest BCUT2D eigenvalue weighted by atomic mass is 9.96. The first-order valence-corrected chi connectivity index (χ1v) is 10.5. The molecule has 0 aliphatic carbocycles. The summed E-state index contributed by atoms with van der Waals surface area (Å²) in [7, 11) is 5.57. The number of anilines is 1. The van der Waals surface area contributed by atoms with E-state index in [1.54, 1.807) is 29.6 Å².